The predicted molar refractivity (Wildman–Crippen MR) is 124 cm³/mol. The zero-order chi connectivity index (χ0) is 20.9. The van der Waals surface area contributed by atoms with Crippen LogP contribution in [0.1, 0.15) is 6.92 Å². The van der Waals surface area contributed by atoms with Crippen LogP contribution in [0.25, 0.3) is 22.4 Å². The molecule has 3 aromatic carbocycles. The van der Waals surface area contributed by atoms with Gasteiger partial charge < -0.3 is 11.2 Å². The number of imidazole rings is 1. The molecule has 5 nitrogen and oxygen atoms in total. The van der Waals surface area contributed by atoms with Gasteiger partial charge in [-0.2, -0.15) is 0 Å². The number of aromatic nitrogens is 2. The first-order valence-corrected chi connectivity index (χ1v) is 10.5. The fraction of sp³-hybridized carbons (Fsp3) is 0.0833. The Labute approximate surface area is 179 Å². The maximum absolute atomic E-state index is 12.9. The van der Waals surface area contributed by atoms with E-state index in [1.54, 1.807) is 6.20 Å². The van der Waals surface area contributed by atoms with E-state index in [0.29, 0.717) is 5.16 Å². The highest BCUT2D eigenvalue weighted by molar-refractivity contribution is 8.00. The van der Waals surface area contributed by atoms with Crippen LogP contribution in [0.4, 0.5) is 5.69 Å². The molecule has 1 amide bonds. The van der Waals surface area contributed by atoms with E-state index in [9.17, 15) is 4.79 Å². The van der Waals surface area contributed by atoms with Crippen molar-refractivity contribution in [3.8, 4) is 22.4 Å². The third-order valence-corrected chi connectivity index (χ3v) is 5.77. The molecule has 4 rings (SSSR count). The highest BCUT2D eigenvalue weighted by Gasteiger charge is 2.19. The van der Waals surface area contributed by atoms with Gasteiger partial charge in [0.25, 0.3) is 0 Å². The molecule has 0 bridgehead atoms. The van der Waals surface area contributed by atoms with Gasteiger partial charge >= 0.3 is 0 Å². The zero-order valence-corrected chi connectivity index (χ0v) is 17.3. The monoisotopic (exact) mass is 414 g/mol. The predicted octanol–water partition coefficient (Wildman–Crippen LogP) is 5.05. The molecule has 1 heterocycles. The second-order valence-electron chi connectivity index (χ2n) is 6.84. The van der Waals surface area contributed by atoms with Crippen LogP contribution in [0.3, 0.4) is 0 Å². The van der Waals surface area contributed by atoms with Crippen LogP contribution in [-0.4, -0.2) is 20.8 Å². The van der Waals surface area contributed by atoms with Crippen LogP contribution in [0.5, 0.6) is 0 Å². The third kappa shape index (κ3) is 4.39. The summed E-state index contributed by atoms with van der Waals surface area (Å²) in [7, 11) is 0. The first-order chi connectivity index (χ1) is 14.6. The number of hydrogen-bond donors (Lipinski definition) is 2. The number of carbonyl (C=O) groups excluding carboxylic acids is 1. The van der Waals surface area contributed by atoms with E-state index in [-0.39, 0.29) is 11.2 Å². The lowest BCUT2D eigenvalue weighted by Gasteiger charge is -2.14. The van der Waals surface area contributed by atoms with E-state index in [0.717, 1.165) is 28.1 Å². The molecular formula is C24H22N4OS. The lowest BCUT2D eigenvalue weighted by atomic mass is 10.0. The van der Waals surface area contributed by atoms with Crippen molar-refractivity contribution >= 4 is 23.4 Å². The quantitative estimate of drug-likeness (QED) is 0.342. The Hall–Kier alpha value is -3.51. The Kier molecular flexibility index (Phi) is 5.86. The number of carbonyl (C=O) groups is 1. The number of rotatable bonds is 6. The topological polar surface area (TPSA) is 72.9 Å². The van der Waals surface area contributed by atoms with Gasteiger partial charge in [-0.1, -0.05) is 90.6 Å². The molecule has 3 N–H and O–H groups in total. The molecule has 0 aliphatic heterocycles. The summed E-state index contributed by atoms with van der Waals surface area (Å²) in [5.74, 6) is 5.98. The Morgan fingerprint density at radius 3 is 2.23 bits per heavy atom. The van der Waals surface area contributed by atoms with Crippen molar-refractivity contribution in [2.24, 2.45) is 0 Å². The molecule has 0 spiro atoms. The fourth-order valence-electron chi connectivity index (χ4n) is 3.12. The number of benzene rings is 3. The van der Waals surface area contributed by atoms with Gasteiger partial charge in [0.15, 0.2) is 5.16 Å². The molecule has 150 valence electrons. The van der Waals surface area contributed by atoms with E-state index in [1.807, 2.05) is 91.9 Å². The molecule has 4 aromatic rings. The number of amides is 1. The zero-order valence-electron chi connectivity index (χ0n) is 16.5. The van der Waals surface area contributed by atoms with Crippen LogP contribution < -0.4 is 11.2 Å². The van der Waals surface area contributed by atoms with Crippen molar-refractivity contribution in [2.75, 3.05) is 11.2 Å². The minimum Gasteiger partial charge on any atom is -0.337 e. The van der Waals surface area contributed by atoms with Gasteiger partial charge in [-0.3, -0.25) is 4.79 Å². The van der Waals surface area contributed by atoms with Crippen molar-refractivity contribution in [2.45, 2.75) is 17.3 Å². The van der Waals surface area contributed by atoms with Gasteiger partial charge in [-0.25, -0.2) is 9.66 Å². The van der Waals surface area contributed by atoms with Crippen molar-refractivity contribution in [3.05, 3.63) is 91.1 Å². The lowest BCUT2D eigenvalue weighted by Crippen LogP contribution is -2.23. The van der Waals surface area contributed by atoms with Gasteiger partial charge in [0, 0.05) is 16.8 Å². The largest absolute Gasteiger partial charge is 0.337 e. The second kappa shape index (κ2) is 8.88. The summed E-state index contributed by atoms with van der Waals surface area (Å²) in [6.45, 7) is 1.85. The normalized spacial score (nSPS) is 11.8. The van der Waals surface area contributed by atoms with E-state index in [4.69, 9.17) is 5.84 Å². The summed E-state index contributed by atoms with van der Waals surface area (Å²) in [5.41, 5.74) is 4.58. The van der Waals surface area contributed by atoms with Gasteiger partial charge in [-0.05, 0) is 18.6 Å². The number of nitrogens with two attached hydrogens (primary N) is 1. The Bertz CT molecular complexity index is 1140. The van der Waals surface area contributed by atoms with E-state index < -0.39 is 0 Å². The average molecular weight is 415 g/mol. The van der Waals surface area contributed by atoms with E-state index in [1.165, 1.54) is 16.4 Å². The first-order valence-electron chi connectivity index (χ1n) is 9.63. The van der Waals surface area contributed by atoms with Crippen molar-refractivity contribution < 1.29 is 4.79 Å². The molecule has 0 saturated heterocycles. The Morgan fingerprint density at radius 2 is 1.53 bits per heavy atom. The van der Waals surface area contributed by atoms with Gasteiger partial charge in [0.05, 0.1) is 17.1 Å². The van der Waals surface area contributed by atoms with Crippen molar-refractivity contribution in [1.29, 1.82) is 0 Å². The molecule has 1 atom stereocenters. The SMILES string of the molecule is C[C@@H](Sc1nc(-c2ccccc2)cn1N)C(=O)Nc1ccccc1-c1ccccc1. The van der Waals surface area contributed by atoms with Crippen LogP contribution in [0.15, 0.2) is 96.3 Å². The molecule has 0 aliphatic carbocycles. The number of anilines is 1. The number of nitrogens with zero attached hydrogens (tertiary/aromatic N) is 2. The Balaban J connectivity index is 1.49. The number of nitrogens with one attached hydrogen (secondary N) is 1. The molecule has 0 saturated carbocycles. The summed E-state index contributed by atoms with van der Waals surface area (Å²) in [4.78, 5) is 17.5. The van der Waals surface area contributed by atoms with Gasteiger partial charge in [-0.15, -0.1) is 0 Å². The molecule has 0 aliphatic rings. The van der Waals surface area contributed by atoms with Crippen LogP contribution >= 0.6 is 11.8 Å². The van der Waals surface area contributed by atoms with E-state index >= 15 is 0 Å². The number of para-hydroxylation sites is 1. The summed E-state index contributed by atoms with van der Waals surface area (Å²) < 4.78 is 1.47. The summed E-state index contributed by atoms with van der Waals surface area (Å²) in [6, 6.07) is 27.6. The summed E-state index contributed by atoms with van der Waals surface area (Å²) in [5, 5.41) is 3.27. The number of hydrogen-bond acceptors (Lipinski definition) is 4. The molecule has 30 heavy (non-hydrogen) atoms. The molecule has 6 heteroatoms. The van der Waals surface area contributed by atoms with Crippen molar-refractivity contribution in [1.82, 2.24) is 9.66 Å². The minimum atomic E-state index is -0.373. The maximum atomic E-state index is 12.9. The molecule has 0 radical (unpaired) electrons. The molecule has 1 aromatic heterocycles. The minimum absolute atomic E-state index is 0.104. The summed E-state index contributed by atoms with van der Waals surface area (Å²) in [6.07, 6.45) is 1.77. The highest BCUT2D eigenvalue weighted by Crippen LogP contribution is 2.30. The van der Waals surface area contributed by atoms with Crippen molar-refractivity contribution in [3.63, 3.8) is 0 Å². The first kappa shape index (κ1) is 19.8. The van der Waals surface area contributed by atoms with Crippen LogP contribution in [0.2, 0.25) is 0 Å². The van der Waals surface area contributed by atoms with Gasteiger partial charge in [0.2, 0.25) is 5.91 Å². The lowest BCUT2D eigenvalue weighted by molar-refractivity contribution is -0.115. The third-order valence-electron chi connectivity index (χ3n) is 4.69. The van der Waals surface area contributed by atoms with E-state index in [2.05, 4.69) is 10.3 Å². The standard InChI is InChI=1S/C24H22N4OS/c1-17(30-24-27-22(16-28(24)25)19-12-6-3-7-13-19)23(29)26-21-15-9-8-14-20(21)18-10-4-2-5-11-18/h2-17H,25H2,1H3,(H,26,29)/t17-/m1/s1. The number of nitrogen functional groups attached to an aromatic ring is 1. The number of thioether (sulfide) groups is 1. The average Bonchev–Trinajstić information content (AvgIpc) is 3.15. The molecule has 0 fully saturated rings. The summed E-state index contributed by atoms with van der Waals surface area (Å²) >= 11 is 1.33. The molecule has 0 unspecified atom stereocenters. The smallest absolute Gasteiger partial charge is 0.237 e. The maximum Gasteiger partial charge on any atom is 0.237 e. The Morgan fingerprint density at radius 1 is 0.933 bits per heavy atom. The second-order valence-corrected chi connectivity index (χ2v) is 8.15. The fourth-order valence-corrected chi connectivity index (χ4v) is 3.93. The highest BCUT2D eigenvalue weighted by atomic mass is 32.2. The van der Waals surface area contributed by atoms with Crippen LogP contribution in [0, 0.1) is 0 Å². The molecular weight excluding hydrogens is 392 g/mol. The van der Waals surface area contributed by atoms with Gasteiger partial charge in [0.1, 0.15) is 0 Å². The van der Waals surface area contributed by atoms with Crippen LogP contribution in [-0.2, 0) is 4.79 Å².